The molecule has 1 aromatic heterocycles. The zero-order valence-corrected chi connectivity index (χ0v) is 14.3. The minimum Gasteiger partial charge on any atom is -0.377 e. The molecule has 0 radical (unpaired) electrons. The Morgan fingerprint density at radius 3 is 3.00 bits per heavy atom. The summed E-state index contributed by atoms with van der Waals surface area (Å²) in [6.07, 6.45) is 2.69. The lowest BCUT2D eigenvalue weighted by Gasteiger charge is -2.31. The Hall–Kier alpha value is -0.470. The summed E-state index contributed by atoms with van der Waals surface area (Å²) in [6.45, 7) is 4.50. The first-order chi connectivity index (χ1) is 10.1. The molecule has 2 heterocycles. The smallest absolute Gasteiger partial charge is 0.252 e. The van der Waals surface area contributed by atoms with Crippen molar-refractivity contribution in [3.63, 3.8) is 0 Å². The van der Waals surface area contributed by atoms with Gasteiger partial charge in [0.05, 0.1) is 6.10 Å². The Balaban J connectivity index is 2.08. The number of nitrogens with zero attached hydrogens (tertiary/aromatic N) is 1. The normalized spacial score (nSPS) is 20.8. The first kappa shape index (κ1) is 16.9. The van der Waals surface area contributed by atoms with E-state index >= 15 is 0 Å². The second-order valence-corrected chi connectivity index (χ2v) is 8.49. The van der Waals surface area contributed by atoms with Gasteiger partial charge in [0.25, 0.3) is 10.0 Å². The third kappa shape index (κ3) is 4.26. The first-order valence-corrected chi connectivity index (χ1v) is 9.68. The first-order valence-electron chi connectivity index (χ1n) is 7.43. The van der Waals surface area contributed by atoms with Gasteiger partial charge in [0, 0.05) is 24.6 Å². The van der Waals surface area contributed by atoms with Crippen LogP contribution in [0.2, 0.25) is 0 Å². The zero-order valence-electron chi connectivity index (χ0n) is 12.7. The summed E-state index contributed by atoms with van der Waals surface area (Å²) in [4.78, 5) is 1.10. The predicted molar refractivity (Wildman–Crippen MR) is 85.4 cm³/mol. The maximum absolute atomic E-state index is 12.7. The van der Waals surface area contributed by atoms with E-state index in [1.807, 2.05) is 20.0 Å². The molecule has 7 heteroatoms. The molecule has 1 saturated heterocycles. The van der Waals surface area contributed by atoms with E-state index in [1.165, 1.54) is 11.3 Å². The van der Waals surface area contributed by atoms with Gasteiger partial charge in [-0.2, -0.15) is 4.31 Å². The fourth-order valence-electron chi connectivity index (χ4n) is 2.50. The Morgan fingerprint density at radius 1 is 1.48 bits per heavy atom. The molecule has 1 aliphatic heterocycles. The number of rotatable bonds is 7. The SMILES string of the molecule is CCOC1CCCN(S(=O)(=O)c2ccc(CCNC)s2)C1. The number of likely N-dealkylation sites (N-methyl/N-ethyl adjacent to an activating group) is 1. The molecular weight excluding hydrogens is 308 g/mol. The van der Waals surface area contributed by atoms with E-state index < -0.39 is 10.0 Å². The van der Waals surface area contributed by atoms with Crippen molar-refractivity contribution in [1.29, 1.82) is 0 Å². The Kier molecular flexibility index (Phi) is 6.19. The van der Waals surface area contributed by atoms with Gasteiger partial charge < -0.3 is 10.1 Å². The van der Waals surface area contributed by atoms with E-state index in [9.17, 15) is 8.42 Å². The molecule has 1 atom stereocenters. The standard InChI is InChI=1S/C14H24N2O3S2/c1-3-19-12-5-4-10-16(11-12)21(17,18)14-7-6-13(20-14)8-9-15-2/h6-7,12,15H,3-5,8-11H2,1-2H3. The van der Waals surface area contributed by atoms with E-state index in [-0.39, 0.29) is 6.10 Å². The molecule has 1 aliphatic rings. The van der Waals surface area contributed by atoms with Crippen molar-refractivity contribution in [2.45, 2.75) is 36.5 Å². The van der Waals surface area contributed by atoms with Crippen LogP contribution in [0.5, 0.6) is 0 Å². The van der Waals surface area contributed by atoms with Gasteiger partial charge >= 0.3 is 0 Å². The summed E-state index contributed by atoms with van der Waals surface area (Å²) in [7, 11) is -1.47. The summed E-state index contributed by atoms with van der Waals surface area (Å²) >= 11 is 1.38. The lowest BCUT2D eigenvalue weighted by Crippen LogP contribution is -2.42. The quantitative estimate of drug-likeness (QED) is 0.826. The topological polar surface area (TPSA) is 58.6 Å². The second-order valence-electron chi connectivity index (χ2n) is 5.16. The largest absolute Gasteiger partial charge is 0.377 e. The van der Waals surface area contributed by atoms with E-state index in [2.05, 4.69) is 5.32 Å². The van der Waals surface area contributed by atoms with Gasteiger partial charge in [0.2, 0.25) is 0 Å². The van der Waals surface area contributed by atoms with Crippen LogP contribution >= 0.6 is 11.3 Å². The molecular formula is C14H24N2O3S2. The molecule has 0 saturated carbocycles. The van der Waals surface area contributed by atoms with Gasteiger partial charge in [-0.25, -0.2) is 8.42 Å². The lowest BCUT2D eigenvalue weighted by atomic mass is 10.1. The second kappa shape index (κ2) is 7.69. The van der Waals surface area contributed by atoms with Crippen molar-refractivity contribution in [1.82, 2.24) is 9.62 Å². The Bertz CT molecular complexity index is 540. The van der Waals surface area contributed by atoms with Crippen LogP contribution in [0.15, 0.2) is 16.3 Å². The highest BCUT2D eigenvalue weighted by Crippen LogP contribution is 2.27. The van der Waals surface area contributed by atoms with Crippen LogP contribution < -0.4 is 5.32 Å². The zero-order chi connectivity index (χ0) is 15.3. The lowest BCUT2D eigenvalue weighted by molar-refractivity contribution is 0.0265. The summed E-state index contributed by atoms with van der Waals surface area (Å²) in [5, 5.41) is 3.08. The highest BCUT2D eigenvalue weighted by Gasteiger charge is 2.31. The van der Waals surface area contributed by atoms with E-state index in [0.717, 1.165) is 30.7 Å². The van der Waals surface area contributed by atoms with Gasteiger partial charge in [-0.15, -0.1) is 11.3 Å². The predicted octanol–water partition coefficient (Wildman–Crippen LogP) is 1.70. The summed E-state index contributed by atoms with van der Waals surface area (Å²) < 4.78 is 33.0. The molecule has 0 spiro atoms. The maximum atomic E-state index is 12.7. The number of sulfonamides is 1. The monoisotopic (exact) mass is 332 g/mol. The van der Waals surface area contributed by atoms with Gasteiger partial charge in [0.15, 0.2) is 0 Å². The van der Waals surface area contributed by atoms with Crippen LogP contribution in [0.1, 0.15) is 24.6 Å². The molecule has 0 aromatic carbocycles. The van der Waals surface area contributed by atoms with Gasteiger partial charge in [-0.3, -0.25) is 0 Å². The third-order valence-corrected chi connectivity index (χ3v) is 7.07. The fraction of sp³-hybridized carbons (Fsp3) is 0.714. The Morgan fingerprint density at radius 2 is 2.29 bits per heavy atom. The highest BCUT2D eigenvalue weighted by atomic mass is 32.2. The molecule has 2 rings (SSSR count). The van der Waals surface area contributed by atoms with Crippen LogP contribution in [-0.4, -0.2) is 52.1 Å². The summed E-state index contributed by atoms with van der Waals surface area (Å²) in [5.74, 6) is 0. The van der Waals surface area contributed by atoms with Crippen LogP contribution in [0.25, 0.3) is 0 Å². The molecule has 1 fully saturated rings. The van der Waals surface area contributed by atoms with Gasteiger partial charge in [0.1, 0.15) is 4.21 Å². The molecule has 21 heavy (non-hydrogen) atoms. The molecule has 1 N–H and O–H groups in total. The average Bonchev–Trinajstić information content (AvgIpc) is 2.95. The van der Waals surface area contributed by atoms with Crippen molar-refractivity contribution in [3.8, 4) is 0 Å². The highest BCUT2D eigenvalue weighted by molar-refractivity contribution is 7.91. The van der Waals surface area contributed by atoms with Crippen LogP contribution in [0, 0.1) is 0 Å². The van der Waals surface area contributed by atoms with Crippen LogP contribution in [0.4, 0.5) is 0 Å². The third-order valence-electron chi connectivity index (χ3n) is 3.60. The van der Waals surface area contributed by atoms with Gasteiger partial charge in [-0.05, 0) is 51.9 Å². The van der Waals surface area contributed by atoms with Crippen molar-refractivity contribution >= 4 is 21.4 Å². The molecule has 0 bridgehead atoms. The van der Waals surface area contributed by atoms with Crippen LogP contribution in [-0.2, 0) is 21.2 Å². The minimum atomic E-state index is -3.37. The number of hydrogen-bond donors (Lipinski definition) is 1. The van der Waals surface area contributed by atoms with E-state index in [0.29, 0.717) is 23.9 Å². The minimum absolute atomic E-state index is 0.0299. The van der Waals surface area contributed by atoms with Crippen LogP contribution in [0.3, 0.4) is 0 Å². The van der Waals surface area contributed by atoms with E-state index in [4.69, 9.17) is 4.74 Å². The fourth-order valence-corrected chi connectivity index (χ4v) is 5.52. The number of thiophene rings is 1. The van der Waals surface area contributed by atoms with E-state index in [1.54, 1.807) is 10.4 Å². The number of nitrogens with one attached hydrogen (secondary N) is 1. The molecule has 0 aliphatic carbocycles. The molecule has 0 amide bonds. The molecule has 120 valence electrons. The maximum Gasteiger partial charge on any atom is 0.252 e. The average molecular weight is 332 g/mol. The van der Waals surface area contributed by atoms with Crippen molar-refractivity contribution in [3.05, 3.63) is 17.0 Å². The molecule has 1 aromatic rings. The number of ether oxygens (including phenoxy) is 1. The summed E-state index contributed by atoms with van der Waals surface area (Å²) in [6, 6.07) is 3.65. The van der Waals surface area contributed by atoms with Crippen molar-refractivity contribution < 1.29 is 13.2 Å². The molecule has 5 nitrogen and oxygen atoms in total. The summed E-state index contributed by atoms with van der Waals surface area (Å²) in [5.41, 5.74) is 0. The number of piperidine rings is 1. The number of hydrogen-bond acceptors (Lipinski definition) is 5. The van der Waals surface area contributed by atoms with Crippen molar-refractivity contribution in [2.24, 2.45) is 0 Å². The van der Waals surface area contributed by atoms with Crippen molar-refractivity contribution in [2.75, 3.05) is 33.3 Å². The van der Waals surface area contributed by atoms with Gasteiger partial charge in [-0.1, -0.05) is 0 Å². The molecule has 1 unspecified atom stereocenters. The Labute approximate surface area is 131 Å².